The molecule has 27 heavy (non-hydrogen) atoms. The van der Waals surface area contributed by atoms with Crippen LogP contribution in [-0.4, -0.2) is 45.8 Å². The van der Waals surface area contributed by atoms with Gasteiger partial charge in [0.05, 0.1) is 11.4 Å². The lowest BCUT2D eigenvalue weighted by Gasteiger charge is -2.22. The molecule has 1 amide bonds. The van der Waals surface area contributed by atoms with Crippen molar-refractivity contribution in [2.24, 2.45) is 0 Å². The molecular weight excluding hydrogens is 362 g/mol. The lowest BCUT2D eigenvalue weighted by atomic mass is 10.1. The lowest BCUT2D eigenvalue weighted by molar-refractivity contribution is -0.116. The van der Waals surface area contributed by atoms with Gasteiger partial charge in [0.15, 0.2) is 0 Å². The van der Waals surface area contributed by atoms with Crippen molar-refractivity contribution in [1.82, 2.24) is 4.31 Å². The maximum absolute atomic E-state index is 12.7. The molecule has 6 nitrogen and oxygen atoms in total. The highest BCUT2D eigenvalue weighted by Gasteiger charge is 2.20. The first-order valence-electron chi connectivity index (χ1n) is 8.81. The van der Waals surface area contributed by atoms with E-state index in [1.54, 1.807) is 17.0 Å². The second-order valence-corrected chi connectivity index (χ2v) is 8.68. The van der Waals surface area contributed by atoms with Crippen LogP contribution in [0.4, 0.5) is 11.4 Å². The first-order chi connectivity index (χ1) is 12.7. The van der Waals surface area contributed by atoms with E-state index in [0.29, 0.717) is 12.2 Å². The highest BCUT2D eigenvalue weighted by atomic mass is 32.2. The quantitative estimate of drug-likeness (QED) is 0.790. The summed E-state index contributed by atoms with van der Waals surface area (Å²) in [7, 11) is -0.543. The molecule has 2 rings (SSSR count). The Morgan fingerprint density at radius 3 is 2.26 bits per heavy atom. The molecule has 0 fully saturated rings. The molecule has 0 unspecified atom stereocenters. The minimum absolute atomic E-state index is 0.0779. The van der Waals surface area contributed by atoms with Gasteiger partial charge in [0.25, 0.3) is 0 Å². The van der Waals surface area contributed by atoms with E-state index in [4.69, 9.17) is 0 Å². The van der Waals surface area contributed by atoms with Crippen molar-refractivity contribution >= 4 is 27.3 Å². The van der Waals surface area contributed by atoms with E-state index in [1.165, 1.54) is 18.4 Å². The molecule has 7 heteroatoms. The molecule has 0 aromatic heterocycles. The van der Waals surface area contributed by atoms with E-state index in [-0.39, 0.29) is 17.3 Å². The minimum Gasteiger partial charge on any atom is -0.376 e. The van der Waals surface area contributed by atoms with Gasteiger partial charge in [0.1, 0.15) is 0 Å². The summed E-state index contributed by atoms with van der Waals surface area (Å²) in [6.45, 7) is 6.32. The van der Waals surface area contributed by atoms with E-state index in [0.717, 1.165) is 16.8 Å². The minimum atomic E-state index is -3.54. The number of aryl methyl sites for hydroxylation is 1. The Hall–Kier alpha value is -2.38. The molecule has 2 aromatic carbocycles. The predicted molar refractivity (Wildman–Crippen MR) is 110 cm³/mol. The van der Waals surface area contributed by atoms with E-state index < -0.39 is 10.0 Å². The van der Waals surface area contributed by atoms with Crippen molar-refractivity contribution in [2.75, 3.05) is 37.4 Å². The van der Waals surface area contributed by atoms with Gasteiger partial charge in [-0.15, -0.1) is 0 Å². The van der Waals surface area contributed by atoms with Crippen LogP contribution < -0.4 is 10.2 Å². The zero-order valence-electron chi connectivity index (χ0n) is 16.5. The van der Waals surface area contributed by atoms with E-state index >= 15 is 0 Å². The van der Waals surface area contributed by atoms with Crippen LogP contribution in [0.5, 0.6) is 0 Å². The largest absolute Gasteiger partial charge is 0.376 e. The molecule has 1 N–H and O–H groups in total. The van der Waals surface area contributed by atoms with Crippen molar-refractivity contribution in [3.05, 3.63) is 53.6 Å². The summed E-state index contributed by atoms with van der Waals surface area (Å²) >= 11 is 0. The van der Waals surface area contributed by atoms with Gasteiger partial charge >= 0.3 is 0 Å². The van der Waals surface area contributed by atoms with Gasteiger partial charge < -0.3 is 10.2 Å². The average Bonchev–Trinajstić information content (AvgIpc) is 2.64. The number of nitrogens with zero attached hydrogens (tertiary/aromatic N) is 2. The van der Waals surface area contributed by atoms with Crippen LogP contribution in [0, 0.1) is 13.8 Å². The molecule has 0 heterocycles. The lowest BCUT2D eigenvalue weighted by Crippen LogP contribution is -2.35. The molecule has 0 aliphatic rings. The van der Waals surface area contributed by atoms with Crippen LogP contribution in [0.1, 0.15) is 18.1 Å². The Balaban J connectivity index is 2.24. The summed E-state index contributed by atoms with van der Waals surface area (Å²) in [5.74, 6) is -0.0818. The SMILES string of the molecule is CCN(C(=O)CNc1cc(S(=O)(=O)N(C)C)cc(C)c1C)c1ccccc1. The number of para-hydroxylation sites is 1. The van der Waals surface area contributed by atoms with Crippen molar-refractivity contribution < 1.29 is 13.2 Å². The number of carbonyl (C=O) groups excluding carboxylic acids is 1. The van der Waals surface area contributed by atoms with Crippen LogP contribution in [0.3, 0.4) is 0 Å². The standard InChI is InChI=1S/C20H27N3O3S/c1-6-23(17-10-8-7-9-11-17)20(24)14-21-19-13-18(12-15(2)16(19)3)27(25,26)22(4)5/h7-13,21H,6,14H2,1-5H3. The molecule has 0 atom stereocenters. The maximum Gasteiger partial charge on any atom is 0.246 e. The Labute approximate surface area is 161 Å². The van der Waals surface area contributed by atoms with Crippen molar-refractivity contribution in [3.8, 4) is 0 Å². The fraction of sp³-hybridized carbons (Fsp3) is 0.350. The number of hydrogen-bond donors (Lipinski definition) is 1. The maximum atomic E-state index is 12.7. The Morgan fingerprint density at radius 2 is 1.70 bits per heavy atom. The molecule has 0 saturated heterocycles. The van der Waals surface area contributed by atoms with Crippen molar-refractivity contribution in [1.29, 1.82) is 0 Å². The molecule has 0 radical (unpaired) electrons. The third-order valence-electron chi connectivity index (χ3n) is 4.53. The van der Waals surface area contributed by atoms with E-state index in [1.807, 2.05) is 51.1 Å². The number of rotatable bonds is 7. The number of nitrogens with one attached hydrogen (secondary N) is 1. The summed E-state index contributed by atoms with van der Waals surface area (Å²) in [5, 5.41) is 3.12. The van der Waals surface area contributed by atoms with Gasteiger partial charge in [-0.05, 0) is 56.2 Å². The molecule has 0 spiro atoms. The number of hydrogen-bond acceptors (Lipinski definition) is 4. The number of likely N-dealkylation sites (N-methyl/N-ethyl adjacent to an activating group) is 1. The van der Waals surface area contributed by atoms with Gasteiger partial charge in [-0.2, -0.15) is 0 Å². The number of sulfonamides is 1. The smallest absolute Gasteiger partial charge is 0.246 e. The van der Waals surface area contributed by atoms with Crippen LogP contribution in [0.15, 0.2) is 47.4 Å². The van der Waals surface area contributed by atoms with Crippen LogP contribution in [0.25, 0.3) is 0 Å². The van der Waals surface area contributed by atoms with Crippen LogP contribution >= 0.6 is 0 Å². The summed E-state index contributed by atoms with van der Waals surface area (Å²) in [6, 6.07) is 12.7. The molecule has 0 aliphatic heterocycles. The molecular formula is C20H27N3O3S. The topological polar surface area (TPSA) is 69.7 Å². The first-order valence-corrected chi connectivity index (χ1v) is 10.3. The predicted octanol–water partition coefficient (Wildman–Crippen LogP) is 3.02. The average molecular weight is 390 g/mol. The third kappa shape index (κ3) is 4.67. The van der Waals surface area contributed by atoms with Gasteiger partial charge in [-0.3, -0.25) is 4.79 Å². The van der Waals surface area contributed by atoms with Crippen LogP contribution in [-0.2, 0) is 14.8 Å². The van der Waals surface area contributed by atoms with E-state index in [9.17, 15) is 13.2 Å². The number of amides is 1. The van der Waals surface area contributed by atoms with Crippen molar-refractivity contribution in [3.63, 3.8) is 0 Å². The number of benzene rings is 2. The second-order valence-electron chi connectivity index (χ2n) is 6.53. The summed E-state index contributed by atoms with van der Waals surface area (Å²) in [5.41, 5.74) is 3.25. The Morgan fingerprint density at radius 1 is 1.07 bits per heavy atom. The number of anilines is 2. The third-order valence-corrected chi connectivity index (χ3v) is 6.33. The highest BCUT2D eigenvalue weighted by molar-refractivity contribution is 7.89. The van der Waals surface area contributed by atoms with E-state index in [2.05, 4.69) is 5.32 Å². The first kappa shape index (κ1) is 20.9. The van der Waals surface area contributed by atoms with Crippen LogP contribution in [0.2, 0.25) is 0 Å². The van der Waals surface area contributed by atoms with Gasteiger partial charge in [0.2, 0.25) is 15.9 Å². The van der Waals surface area contributed by atoms with Gasteiger partial charge in [0, 0.05) is 32.0 Å². The molecule has 0 saturated carbocycles. The van der Waals surface area contributed by atoms with Crippen molar-refractivity contribution in [2.45, 2.75) is 25.7 Å². The zero-order valence-corrected chi connectivity index (χ0v) is 17.3. The monoisotopic (exact) mass is 389 g/mol. The molecule has 0 bridgehead atoms. The normalized spacial score (nSPS) is 11.5. The Kier molecular flexibility index (Phi) is 6.62. The molecule has 0 aliphatic carbocycles. The summed E-state index contributed by atoms with van der Waals surface area (Å²) in [6.07, 6.45) is 0. The van der Waals surface area contributed by atoms with Gasteiger partial charge in [-0.25, -0.2) is 12.7 Å². The highest BCUT2D eigenvalue weighted by Crippen LogP contribution is 2.25. The summed E-state index contributed by atoms with van der Waals surface area (Å²) < 4.78 is 26.1. The molecule has 146 valence electrons. The molecule has 2 aromatic rings. The fourth-order valence-electron chi connectivity index (χ4n) is 2.75. The zero-order chi connectivity index (χ0) is 20.2. The fourth-order valence-corrected chi connectivity index (χ4v) is 3.76. The summed E-state index contributed by atoms with van der Waals surface area (Å²) in [4.78, 5) is 14.6. The van der Waals surface area contributed by atoms with Gasteiger partial charge in [-0.1, -0.05) is 18.2 Å². The Bertz CT molecular complexity index is 910. The second kappa shape index (κ2) is 8.54. The number of carbonyl (C=O) groups is 1.